The van der Waals surface area contributed by atoms with Gasteiger partial charge in [0.2, 0.25) is 0 Å². The lowest BCUT2D eigenvalue weighted by Gasteiger charge is -2.16. The van der Waals surface area contributed by atoms with Crippen LogP contribution in [0.3, 0.4) is 0 Å². The molecular formula is C22H22N2O7. The zero-order valence-corrected chi connectivity index (χ0v) is 17.1. The molecule has 1 amide bonds. The van der Waals surface area contributed by atoms with Gasteiger partial charge in [-0.25, -0.2) is 9.59 Å². The zero-order chi connectivity index (χ0) is 22.4. The van der Waals surface area contributed by atoms with E-state index in [1.807, 2.05) is 0 Å². The van der Waals surface area contributed by atoms with Gasteiger partial charge in [-0.15, -0.1) is 0 Å². The predicted octanol–water partition coefficient (Wildman–Crippen LogP) is 1.94. The number of carbonyl (C=O) groups excluding carboxylic acids is 3. The maximum absolute atomic E-state index is 12.7. The van der Waals surface area contributed by atoms with E-state index in [1.165, 1.54) is 25.2 Å². The molecule has 1 aliphatic heterocycles. The molecule has 0 bridgehead atoms. The minimum Gasteiger partial charge on any atom is -0.466 e. The van der Waals surface area contributed by atoms with Gasteiger partial charge in [-0.2, -0.15) is 0 Å². The molecule has 0 fully saturated rings. The van der Waals surface area contributed by atoms with Crippen molar-refractivity contribution in [1.82, 2.24) is 4.90 Å². The van der Waals surface area contributed by atoms with Crippen molar-refractivity contribution in [2.75, 3.05) is 39.2 Å². The van der Waals surface area contributed by atoms with Crippen LogP contribution in [0.15, 0.2) is 59.8 Å². The van der Waals surface area contributed by atoms with E-state index in [-0.39, 0.29) is 31.0 Å². The fraction of sp³-hybridized carbons (Fsp3) is 0.227. The van der Waals surface area contributed by atoms with E-state index in [4.69, 9.17) is 14.2 Å². The first-order valence-corrected chi connectivity index (χ1v) is 9.42. The topological polar surface area (TPSA) is 114 Å². The van der Waals surface area contributed by atoms with E-state index < -0.39 is 17.8 Å². The molecule has 9 nitrogen and oxygen atoms in total. The molecule has 0 aromatic heterocycles. The van der Waals surface area contributed by atoms with Crippen molar-refractivity contribution in [3.8, 4) is 11.5 Å². The average Bonchev–Trinajstić information content (AvgIpc) is 3.09. The molecule has 162 valence electrons. The smallest absolute Gasteiger partial charge is 0.337 e. The third-order valence-electron chi connectivity index (χ3n) is 4.58. The third kappa shape index (κ3) is 4.84. The van der Waals surface area contributed by atoms with Gasteiger partial charge in [0.05, 0.1) is 44.2 Å². The summed E-state index contributed by atoms with van der Waals surface area (Å²) in [6.07, 6.45) is 0. The van der Waals surface area contributed by atoms with Crippen LogP contribution in [0.5, 0.6) is 11.5 Å². The molecule has 31 heavy (non-hydrogen) atoms. The Morgan fingerprint density at radius 1 is 1.06 bits per heavy atom. The van der Waals surface area contributed by atoms with Gasteiger partial charge in [-0.3, -0.25) is 4.79 Å². The lowest BCUT2D eigenvalue weighted by molar-refractivity contribution is -0.136. The standard InChI is InChI=1S/C22H22N2O7/c1-29-21(27)14-6-5-7-15(12-14)31-18-9-4-3-8-17(18)23-19-16(22(28)30-2)13-24(10-11-25)20(19)26/h3-9,12,23,25H,10-11,13H2,1-2H3. The Morgan fingerprint density at radius 3 is 2.52 bits per heavy atom. The summed E-state index contributed by atoms with van der Waals surface area (Å²) in [6, 6.07) is 13.3. The van der Waals surface area contributed by atoms with E-state index in [0.717, 1.165) is 0 Å². The molecule has 0 aliphatic carbocycles. The van der Waals surface area contributed by atoms with Gasteiger partial charge in [0.1, 0.15) is 11.4 Å². The monoisotopic (exact) mass is 426 g/mol. The van der Waals surface area contributed by atoms with Gasteiger partial charge in [-0.05, 0) is 30.3 Å². The second-order valence-electron chi connectivity index (χ2n) is 6.54. The number of nitrogens with one attached hydrogen (secondary N) is 1. The molecule has 2 aromatic carbocycles. The predicted molar refractivity (Wildman–Crippen MR) is 111 cm³/mol. The van der Waals surface area contributed by atoms with E-state index in [0.29, 0.717) is 22.7 Å². The van der Waals surface area contributed by atoms with Crippen molar-refractivity contribution in [2.24, 2.45) is 0 Å². The number of benzene rings is 2. The summed E-state index contributed by atoms with van der Waals surface area (Å²) >= 11 is 0. The quantitative estimate of drug-likeness (QED) is 0.616. The summed E-state index contributed by atoms with van der Waals surface area (Å²) in [7, 11) is 2.53. The molecule has 0 saturated carbocycles. The van der Waals surface area contributed by atoms with Crippen molar-refractivity contribution in [1.29, 1.82) is 0 Å². The van der Waals surface area contributed by atoms with E-state index >= 15 is 0 Å². The van der Waals surface area contributed by atoms with Crippen LogP contribution >= 0.6 is 0 Å². The number of methoxy groups -OCH3 is 2. The molecule has 0 radical (unpaired) electrons. The van der Waals surface area contributed by atoms with Crippen LogP contribution in [0.25, 0.3) is 0 Å². The van der Waals surface area contributed by atoms with Gasteiger partial charge in [0.15, 0.2) is 5.75 Å². The zero-order valence-electron chi connectivity index (χ0n) is 17.1. The molecule has 2 N–H and O–H groups in total. The maximum Gasteiger partial charge on any atom is 0.337 e. The van der Waals surface area contributed by atoms with E-state index in [9.17, 15) is 19.5 Å². The molecule has 0 unspecified atom stereocenters. The van der Waals surface area contributed by atoms with Crippen LogP contribution in [0, 0.1) is 0 Å². The highest BCUT2D eigenvalue weighted by molar-refractivity contribution is 6.08. The molecule has 1 aliphatic rings. The Bertz CT molecular complexity index is 1030. The Kier molecular flexibility index (Phi) is 6.88. The van der Waals surface area contributed by atoms with Crippen molar-refractivity contribution < 1.29 is 33.7 Å². The van der Waals surface area contributed by atoms with Gasteiger partial charge in [-0.1, -0.05) is 18.2 Å². The third-order valence-corrected chi connectivity index (χ3v) is 4.58. The Labute approximate surface area is 178 Å². The number of esters is 2. The number of amides is 1. The minimum absolute atomic E-state index is 0.0264. The first-order chi connectivity index (χ1) is 15.0. The lowest BCUT2D eigenvalue weighted by Crippen LogP contribution is -2.31. The number of carbonyl (C=O) groups is 3. The normalized spacial score (nSPS) is 13.3. The van der Waals surface area contributed by atoms with Gasteiger partial charge in [0.25, 0.3) is 5.91 Å². The first-order valence-electron chi connectivity index (χ1n) is 9.42. The molecule has 0 atom stereocenters. The van der Waals surface area contributed by atoms with Gasteiger partial charge in [0, 0.05) is 6.54 Å². The molecular weight excluding hydrogens is 404 g/mol. The van der Waals surface area contributed by atoms with Crippen molar-refractivity contribution in [3.63, 3.8) is 0 Å². The van der Waals surface area contributed by atoms with Crippen molar-refractivity contribution in [3.05, 3.63) is 65.4 Å². The molecule has 1 heterocycles. The Morgan fingerprint density at radius 2 is 1.81 bits per heavy atom. The number of nitrogens with zero attached hydrogens (tertiary/aromatic N) is 1. The summed E-state index contributed by atoms with van der Waals surface area (Å²) in [5.74, 6) is -0.809. The van der Waals surface area contributed by atoms with Gasteiger partial charge >= 0.3 is 11.9 Å². The lowest BCUT2D eigenvalue weighted by atomic mass is 10.2. The SMILES string of the molecule is COC(=O)C1=C(Nc2ccccc2Oc2cccc(C(=O)OC)c2)C(=O)N(CCO)C1. The van der Waals surface area contributed by atoms with E-state index in [2.05, 4.69) is 5.32 Å². The molecule has 0 saturated heterocycles. The van der Waals surface area contributed by atoms with Crippen LogP contribution in [0.4, 0.5) is 5.69 Å². The maximum atomic E-state index is 12.7. The number of rotatable bonds is 8. The summed E-state index contributed by atoms with van der Waals surface area (Å²) < 4.78 is 15.4. The summed E-state index contributed by atoms with van der Waals surface area (Å²) in [4.78, 5) is 38.0. The number of ether oxygens (including phenoxy) is 3. The molecule has 0 spiro atoms. The fourth-order valence-electron chi connectivity index (χ4n) is 3.07. The number of aliphatic hydroxyl groups is 1. The van der Waals surface area contributed by atoms with Crippen molar-refractivity contribution >= 4 is 23.5 Å². The highest BCUT2D eigenvalue weighted by Gasteiger charge is 2.34. The second-order valence-corrected chi connectivity index (χ2v) is 6.54. The van der Waals surface area contributed by atoms with Crippen LogP contribution in [-0.4, -0.2) is 61.8 Å². The summed E-state index contributed by atoms with van der Waals surface area (Å²) in [6.45, 7) is -0.120. The molecule has 3 rings (SSSR count). The summed E-state index contributed by atoms with van der Waals surface area (Å²) in [5, 5.41) is 12.2. The number of para-hydroxylation sites is 2. The van der Waals surface area contributed by atoms with Gasteiger partial charge < -0.3 is 29.5 Å². The van der Waals surface area contributed by atoms with Crippen LogP contribution in [0.2, 0.25) is 0 Å². The Balaban J connectivity index is 1.90. The average molecular weight is 426 g/mol. The van der Waals surface area contributed by atoms with Crippen LogP contribution < -0.4 is 10.1 Å². The van der Waals surface area contributed by atoms with Crippen LogP contribution in [-0.2, 0) is 19.1 Å². The minimum atomic E-state index is -0.638. The van der Waals surface area contributed by atoms with Crippen LogP contribution in [0.1, 0.15) is 10.4 Å². The first kappa shape index (κ1) is 21.8. The fourth-order valence-corrected chi connectivity index (χ4v) is 3.07. The number of anilines is 1. The van der Waals surface area contributed by atoms with E-state index in [1.54, 1.807) is 42.5 Å². The largest absolute Gasteiger partial charge is 0.466 e. The van der Waals surface area contributed by atoms with Crippen molar-refractivity contribution in [2.45, 2.75) is 0 Å². The highest BCUT2D eigenvalue weighted by Crippen LogP contribution is 2.32. The number of aliphatic hydroxyl groups excluding tert-OH is 1. The summed E-state index contributed by atoms with van der Waals surface area (Å²) in [5.41, 5.74) is 0.969. The second kappa shape index (κ2) is 9.77. The molecule has 9 heteroatoms. The number of hydrogen-bond donors (Lipinski definition) is 2. The molecule has 2 aromatic rings. The Hall–Kier alpha value is -3.85. The number of hydrogen-bond acceptors (Lipinski definition) is 8. The highest BCUT2D eigenvalue weighted by atomic mass is 16.5. The number of β-amino-alcohol motifs (C(OH)–C–C–N with tert-alkyl or cyclic N) is 1.